The molecule has 2 aromatic rings. The second-order valence-electron chi connectivity index (χ2n) is 4.80. The third kappa shape index (κ3) is 2.50. The zero-order valence-electron chi connectivity index (χ0n) is 11.3. The number of amides is 2. The molecular weight excluding hydrogens is 270 g/mol. The highest BCUT2D eigenvalue weighted by Gasteiger charge is 2.23. The molecule has 1 fully saturated rings. The lowest BCUT2D eigenvalue weighted by Crippen LogP contribution is -2.50. The molecule has 0 aliphatic carbocycles. The summed E-state index contributed by atoms with van der Waals surface area (Å²) in [6, 6.07) is 9.23. The maximum absolute atomic E-state index is 12.5. The molecule has 1 aliphatic rings. The van der Waals surface area contributed by atoms with Crippen molar-refractivity contribution < 1.29 is 9.59 Å². The number of aromatic nitrogens is 1. The Hall–Kier alpha value is -2.67. The highest BCUT2D eigenvalue weighted by molar-refractivity contribution is 6.01. The van der Waals surface area contributed by atoms with E-state index in [0.717, 1.165) is 10.8 Å². The zero-order chi connectivity index (χ0) is 14.8. The summed E-state index contributed by atoms with van der Waals surface area (Å²) < 4.78 is 0. The number of piperazine rings is 1. The lowest BCUT2D eigenvalue weighted by Gasteiger charge is -2.26. The normalized spacial score (nSPS) is 14.9. The van der Waals surface area contributed by atoms with Gasteiger partial charge in [0.05, 0.1) is 6.54 Å². The molecule has 0 spiro atoms. The van der Waals surface area contributed by atoms with Gasteiger partial charge in [-0.3, -0.25) is 9.59 Å². The maximum atomic E-state index is 12.5. The number of nitrogens with zero attached hydrogens (tertiary/aromatic N) is 2. The van der Waals surface area contributed by atoms with Crippen molar-refractivity contribution in [3.8, 4) is 0 Å². The Morgan fingerprint density at radius 3 is 2.95 bits per heavy atom. The molecule has 4 N–H and O–H groups in total. The predicted molar refractivity (Wildman–Crippen MR) is 78.5 cm³/mol. The van der Waals surface area contributed by atoms with Gasteiger partial charge in [0.25, 0.3) is 5.91 Å². The molecule has 0 bridgehead atoms. The van der Waals surface area contributed by atoms with Gasteiger partial charge < -0.3 is 15.6 Å². The third-order valence-electron chi connectivity index (χ3n) is 3.42. The number of benzene rings is 1. The molecule has 0 unspecified atom stereocenters. The van der Waals surface area contributed by atoms with Crippen LogP contribution in [0.1, 0.15) is 10.5 Å². The van der Waals surface area contributed by atoms with Gasteiger partial charge in [-0.05, 0) is 11.5 Å². The summed E-state index contributed by atoms with van der Waals surface area (Å²) in [5.74, 6) is 5.50. The smallest absolute Gasteiger partial charge is 0.273 e. The largest absolute Gasteiger partial charge is 0.353 e. The Bertz CT molecular complexity index is 716. The molecule has 7 nitrogen and oxygen atoms in total. The van der Waals surface area contributed by atoms with Gasteiger partial charge in [-0.2, -0.15) is 0 Å². The molecule has 0 radical (unpaired) electrons. The van der Waals surface area contributed by atoms with E-state index in [2.05, 4.69) is 15.7 Å². The molecule has 2 heterocycles. The molecule has 3 rings (SSSR count). The first-order valence-electron chi connectivity index (χ1n) is 6.61. The number of anilines is 1. The second-order valence-corrected chi connectivity index (χ2v) is 4.80. The number of nitrogens with two attached hydrogens (primary N) is 1. The van der Waals surface area contributed by atoms with Crippen LogP contribution >= 0.6 is 0 Å². The van der Waals surface area contributed by atoms with E-state index in [1.807, 2.05) is 24.3 Å². The Morgan fingerprint density at radius 1 is 1.38 bits per heavy atom. The van der Waals surface area contributed by atoms with Crippen molar-refractivity contribution in [1.29, 1.82) is 0 Å². The first-order valence-corrected chi connectivity index (χ1v) is 6.61. The Balaban J connectivity index is 1.99. The quantitative estimate of drug-likeness (QED) is 0.536. The number of carbonyl (C=O) groups excluding carboxylic acids is 2. The van der Waals surface area contributed by atoms with Gasteiger partial charge in [0.2, 0.25) is 5.91 Å². The van der Waals surface area contributed by atoms with E-state index in [4.69, 9.17) is 5.84 Å². The SMILES string of the molecule is NNc1nc(C(=O)N2CCNC(=O)C2)cc2ccccc12. The van der Waals surface area contributed by atoms with Crippen LogP contribution in [0, 0.1) is 0 Å². The highest BCUT2D eigenvalue weighted by Crippen LogP contribution is 2.22. The summed E-state index contributed by atoms with van der Waals surface area (Å²) in [7, 11) is 0. The van der Waals surface area contributed by atoms with Crippen LogP contribution in [0.15, 0.2) is 30.3 Å². The average molecular weight is 285 g/mol. The Labute approximate surface area is 121 Å². The molecule has 1 aliphatic heterocycles. The van der Waals surface area contributed by atoms with E-state index < -0.39 is 0 Å². The molecule has 108 valence electrons. The molecule has 7 heteroatoms. The van der Waals surface area contributed by atoms with Crippen LogP contribution in [-0.2, 0) is 4.79 Å². The number of nitrogens with one attached hydrogen (secondary N) is 2. The number of fused-ring (bicyclic) bond motifs is 1. The van der Waals surface area contributed by atoms with Gasteiger partial charge in [0, 0.05) is 18.5 Å². The predicted octanol–water partition coefficient (Wildman–Crippen LogP) is 0.0924. The maximum Gasteiger partial charge on any atom is 0.273 e. The number of rotatable bonds is 2. The third-order valence-corrected chi connectivity index (χ3v) is 3.42. The van der Waals surface area contributed by atoms with E-state index >= 15 is 0 Å². The van der Waals surface area contributed by atoms with Crippen LogP contribution in [0.5, 0.6) is 0 Å². The van der Waals surface area contributed by atoms with Crippen molar-refractivity contribution >= 4 is 28.4 Å². The van der Waals surface area contributed by atoms with Gasteiger partial charge in [0.1, 0.15) is 11.5 Å². The Kier molecular flexibility index (Phi) is 3.41. The molecule has 1 aromatic heterocycles. The number of hydrogen-bond donors (Lipinski definition) is 3. The fraction of sp³-hybridized carbons (Fsp3) is 0.214. The van der Waals surface area contributed by atoms with E-state index in [0.29, 0.717) is 18.9 Å². The fourth-order valence-corrected chi connectivity index (χ4v) is 2.39. The van der Waals surface area contributed by atoms with Gasteiger partial charge >= 0.3 is 0 Å². The van der Waals surface area contributed by atoms with Gasteiger partial charge in [-0.1, -0.05) is 24.3 Å². The highest BCUT2D eigenvalue weighted by atomic mass is 16.2. The van der Waals surface area contributed by atoms with Crippen LogP contribution < -0.4 is 16.6 Å². The van der Waals surface area contributed by atoms with Crippen molar-refractivity contribution in [2.45, 2.75) is 0 Å². The standard InChI is InChI=1S/C14H15N5O2/c15-18-13-10-4-2-1-3-9(10)7-11(17-13)14(21)19-6-5-16-12(20)8-19/h1-4,7H,5-6,8,15H2,(H,16,20)(H,17,18). The summed E-state index contributed by atoms with van der Waals surface area (Å²) in [5.41, 5.74) is 2.79. The molecule has 0 saturated carbocycles. The lowest BCUT2D eigenvalue weighted by molar-refractivity contribution is -0.123. The number of hydrazine groups is 1. The summed E-state index contributed by atoms with van der Waals surface area (Å²) >= 11 is 0. The molecule has 2 amide bonds. The van der Waals surface area contributed by atoms with E-state index in [1.54, 1.807) is 6.07 Å². The molecule has 1 saturated heterocycles. The number of hydrogen-bond acceptors (Lipinski definition) is 5. The minimum absolute atomic E-state index is 0.0543. The number of pyridine rings is 1. The van der Waals surface area contributed by atoms with E-state index in [1.165, 1.54) is 4.90 Å². The van der Waals surface area contributed by atoms with Crippen molar-refractivity contribution in [3.05, 3.63) is 36.0 Å². The summed E-state index contributed by atoms with van der Waals surface area (Å²) in [6.45, 7) is 0.989. The molecule has 0 atom stereocenters. The second kappa shape index (κ2) is 5.37. The van der Waals surface area contributed by atoms with Crippen LogP contribution in [0.25, 0.3) is 10.8 Å². The number of nitrogen functional groups attached to an aromatic ring is 1. The van der Waals surface area contributed by atoms with Crippen LogP contribution in [0.2, 0.25) is 0 Å². The van der Waals surface area contributed by atoms with E-state index in [9.17, 15) is 9.59 Å². The van der Waals surface area contributed by atoms with Crippen molar-refractivity contribution in [3.63, 3.8) is 0 Å². The topological polar surface area (TPSA) is 100 Å². The minimum Gasteiger partial charge on any atom is -0.353 e. The molecular formula is C14H15N5O2. The summed E-state index contributed by atoms with van der Waals surface area (Å²) in [4.78, 5) is 29.6. The van der Waals surface area contributed by atoms with E-state index in [-0.39, 0.29) is 24.1 Å². The lowest BCUT2D eigenvalue weighted by atomic mass is 10.1. The fourth-order valence-electron chi connectivity index (χ4n) is 2.39. The van der Waals surface area contributed by atoms with Gasteiger partial charge in [0.15, 0.2) is 0 Å². The molecule has 21 heavy (non-hydrogen) atoms. The van der Waals surface area contributed by atoms with Crippen molar-refractivity contribution in [2.75, 3.05) is 25.1 Å². The van der Waals surface area contributed by atoms with Crippen LogP contribution in [0.4, 0.5) is 5.82 Å². The van der Waals surface area contributed by atoms with Crippen LogP contribution in [0.3, 0.4) is 0 Å². The first kappa shape index (κ1) is 13.3. The first-order chi connectivity index (χ1) is 10.2. The van der Waals surface area contributed by atoms with Gasteiger partial charge in [-0.15, -0.1) is 0 Å². The van der Waals surface area contributed by atoms with Crippen molar-refractivity contribution in [1.82, 2.24) is 15.2 Å². The average Bonchev–Trinajstić information content (AvgIpc) is 2.53. The van der Waals surface area contributed by atoms with Crippen molar-refractivity contribution in [2.24, 2.45) is 5.84 Å². The monoisotopic (exact) mass is 285 g/mol. The zero-order valence-corrected chi connectivity index (χ0v) is 11.3. The molecule has 1 aromatic carbocycles. The van der Waals surface area contributed by atoms with Gasteiger partial charge in [-0.25, -0.2) is 10.8 Å². The summed E-state index contributed by atoms with van der Waals surface area (Å²) in [6.07, 6.45) is 0. The Morgan fingerprint density at radius 2 is 2.19 bits per heavy atom. The van der Waals surface area contributed by atoms with Crippen LogP contribution in [-0.4, -0.2) is 41.3 Å². The minimum atomic E-state index is -0.271. The summed E-state index contributed by atoms with van der Waals surface area (Å²) in [5, 5.41) is 4.39. The number of carbonyl (C=O) groups is 2.